The molecule has 0 bridgehead atoms. The van der Waals surface area contributed by atoms with Crippen LogP contribution in [0.3, 0.4) is 0 Å². The molecule has 0 radical (unpaired) electrons. The molecule has 0 amide bonds. The molecule has 0 fully saturated rings. The van der Waals surface area contributed by atoms with E-state index in [1.165, 1.54) is 22.3 Å². The number of rotatable bonds is 1. The van der Waals surface area contributed by atoms with Crippen LogP contribution in [0, 0.1) is 6.92 Å². The number of pyridine rings is 1. The van der Waals surface area contributed by atoms with E-state index in [9.17, 15) is 0 Å². The van der Waals surface area contributed by atoms with Crippen LogP contribution in [0.4, 0.5) is 0 Å². The Bertz CT molecular complexity index is 561. The highest BCUT2D eigenvalue weighted by molar-refractivity contribution is 5.65. The van der Waals surface area contributed by atoms with Gasteiger partial charge in [0.15, 0.2) is 0 Å². The summed E-state index contributed by atoms with van der Waals surface area (Å²) in [7, 11) is 0. The first-order chi connectivity index (χ1) is 8.24. The number of nitrogens with zero attached hydrogens (tertiary/aromatic N) is 1. The summed E-state index contributed by atoms with van der Waals surface area (Å²) in [6, 6.07) is 11.0. The van der Waals surface area contributed by atoms with Crippen LogP contribution in [0.1, 0.15) is 29.3 Å². The predicted molar refractivity (Wildman–Crippen MR) is 69.7 cm³/mol. The van der Waals surface area contributed by atoms with Crippen molar-refractivity contribution in [3.63, 3.8) is 0 Å². The lowest BCUT2D eigenvalue weighted by atomic mass is 10.0. The van der Waals surface area contributed by atoms with Crippen molar-refractivity contribution in [2.75, 3.05) is 0 Å². The zero-order chi connectivity index (χ0) is 11.8. The second-order valence-electron chi connectivity index (χ2n) is 4.74. The van der Waals surface area contributed by atoms with Crippen LogP contribution in [-0.2, 0) is 6.42 Å². The average molecular weight is 224 g/mol. The van der Waals surface area contributed by atoms with Crippen LogP contribution in [0.2, 0.25) is 0 Å². The first-order valence-corrected chi connectivity index (χ1v) is 6.05. The maximum absolute atomic E-state index is 6.05. The molecule has 1 aliphatic rings. The lowest BCUT2D eigenvalue weighted by Gasteiger charge is -2.07. The van der Waals surface area contributed by atoms with Crippen molar-refractivity contribution in [2.45, 2.75) is 25.8 Å². The fraction of sp³-hybridized carbons (Fsp3) is 0.267. The molecule has 1 heterocycles. The zero-order valence-electron chi connectivity index (χ0n) is 9.98. The molecule has 3 rings (SSSR count). The van der Waals surface area contributed by atoms with Gasteiger partial charge in [-0.05, 0) is 54.2 Å². The van der Waals surface area contributed by atoms with Gasteiger partial charge in [-0.2, -0.15) is 0 Å². The van der Waals surface area contributed by atoms with Crippen molar-refractivity contribution in [3.8, 4) is 11.1 Å². The quantitative estimate of drug-likeness (QED) is 0.808. The van der Waals surface area contributed by atoms with E-state index in [1.54, 1.807) is 0 Å². The molecule has 0 aliphatic heterocycles. The molecule has 2 heteroatoms. The highest BCUT2D eigenvalue weighted by Gasteiger charge is 2.18. The van der Waals surface area contributed by atoms with Crippen molar-refractivity contribution in [1.29, 1.82) is 0 Å². The van der Waals surface area contributed by atoms with E-state index in [1.807, 2.05) is 13.1 Å². The van der Waals surface area contributed by atoms with E-state index >= 15 is 0 Å². The van der Waals surface area contributed by atoms with Gasteiger partial charge in [0.2, 0.25) is 0 Å². The standard InChI is InChI=1S/C15H16N2/c1-10-8-12(6-7-17-10)11-2-4-14-13(9-11)3-5-15(14)16/h2,4,6-9,15H,3,5,16H2,1H3. The van der Waals surface area contributed by atoms with Gasteiger partial charge in [0.05, 0.1) is 0 Å². The van der Waals surface area contributed by atoms with Crippen LogP contribution in [0.15, 0.2) is 36.5 Å². The monoisotopic (exact) mass is 224 g/mol. The van der Waals surface area contributed by atoms with Crippen LogP contribution >= 0.6 is 0 Å². The fourth-order valence-electron chi connectivity index (χ4n) is 2.56. The van der Waals surface area contributed by atoms with Gasteiger partial charge in [0, 0.05) is 17.9 Å². The summed E-state index contributed by atoms with van der Waals surface area (Å²) in [6.45, 7) is 2.02. The Morgan fingerprint density at radius 2 is 2.00 bits per heavy atom. The van der Waals surface area contributed by atoms with Crippen molar-refractivity contribution >= 4 is 0 Å². The van der Waals surface area contributed by atoms with Crippen LogP contribution < -0.4 is 5.73 Å². The van der Waals surface area contributed by atoms with Crippen LogP contribution in [0.5, 0.6) is 0 Å². The highest BCUT2D eigenvalue weighted by Crippen LogP contribution is 2.32. The first kappa shape index (κ1) is 10.5. The lowest BCUT2D eigenvalue weighted by molar-refractivity contribution is 0.713. The molecule has 2 nitrogen and oxygen atoms in total. The summed E-state index contributed by atoms with van der Waals surface area (Å²) in [5.74, 6) is 0. The van der Waals surface area contributed by atoms with E-state index in [2.05, 4.69) is 35.3 Å². The summed E-state index contributed by atoms with van der Waals surface area (Å²) in [4.78, 5) is 4.23. The van der Waals surface area contributed by atoms with Gasteiger partial charge < -0.3 is 5.73 Å². The minimum absolute atomic E-state index is 0.234. The van der Waals surface area contributed by atoms with Gasteiger partial charge in [0.25, 0.3) is 0 Å². The molecular weight excluding hydrogens is 208 g/mol. The number of benzene rings is 1. The lowest BCUT2D eigenvalue weighted by Crippen LogP contribution is -2.04. The van der Waals surface area contributed by atoms with Gasteiger partial charge in [0.1, 0.15) is 0 Å². The number of fused-ring (bicyclic) bond motifs is 1. The summed E-state index contributed by atoms with van der Waals surface area (Å²) >= 11 is 0. The molecule has 2 aromatic rings. The first-order valence-electron chi connectivity index (χ1n) is 6.05. The maximum Gasteiger partial charge on any atom is 0.0378 e. The van der Waals surface area contributed by atoms with Gasteiger partial charge in [-0.25, -0.2) is 0 Å². The SMILES string of the molecule is Cc1cc(-c2ccc3c(c2)CCC3N)ccn1. The van der Waals surface area contributed by atoms with Crippen molar-refractivity contribution in [3.05, 3.63) is 53.3 Å². The molecule has 0 saturated carbocycles. The second kappa shape index (κ2) is 3.97. The Balaban J connectivity index is 2.06. The number of aromatic nitrogens is 1. The molecular formula is C15H16N2. The summed E-state index contributed by atoms with van der Waals surface area (Å²) in [6.07, 6.45) is 4.05. The van der Waals surface area contributed by atoms with Crippen LogP contribution in [0.25, 0.3) is 11.1 Å². The summed E-state index contributed by atoms with van der Waals surface area (Å²) in [5.41, 5.74) is 12.3. The minimum atomic E-state index is 0.234. The van der Waals surface area contributed by atoms with Gasteiger partial charge in [-0.15, -0.1) is 0 Å². The topological polar surface area (TPSA) is 38.9 Å². The molecule has 1 aromatic heterocycles. The second-order valence-corrected chi connectivity index (χ2v) is 4.74. The largest absolute Gasteiger partial charge is 0.324 e. The molecule has 1 aromatic carbocycles. The van der Waals surface area contributed by atoms with Gasteiger partial charge in [-0.3, -0.25) is 4.98 Å². The summed E-state index contributed by atoms with van der Waals surface area (Å²) in [5, 5.41) is 0. The third-order valence-corrected chi connectivity index (χ3v) is 3.50. The Kier molecular flexibility index (Phi) is 2.45. The number of hydrogen-bond acceptors (Lipinski definition) is 2. The third kappa shape index (κ3) is 1.85. The molecule has 1 aliphatic carbocycles. The fourth-order valence-corrected chi connectivity index (χ4v) is 2.56. The number of nitrogens with two attached hydrogens (primary N) is 1. The zero-order valence-corrected chi connectivity index (χ0v) is 9.98. The third-order valence-electron chi connectivity index (χ3n) is 3.50. The van der Waals surface area contributed by atoms with E-state index in [-0.39, 0.29) is 6.04 Å². The van der Waals surface area contributed by atoms with Gasteiger partial charge >= 0.3 is 0 Å². The molecule has 2 N–H and O–H groups in total. The van der Waals surface area contributed by atoms with Crippen LogP contribution in [-0.4, -0.2) is 4.98 Å². The van der Waals surface area contributed by atoms with Gasteiger partial charge in [-0.1, -0.05) is 18.2 Å². The molecule has 1 unspecified atom stereocenters. The number of aryl methyl sites for hydroxylation is 2. The molecule has 1 atom stereocenters. The Labute approximate surface area is 102 Å². The molecule has 0 spiro atoms. The normalized spacial score (nSPS) is 18.1. The van der Waals surface area contributed by atoms with E-state index in [0.717, 1.165) is 18.5 Å². The highest BCUT2D eigenvalue weighted by atomic mass is 14.7. The minimum Gasteiger partial charge on any atom is -0.324 e. The molecule has 17 heavy (non-hydrogen) atoms. The number of hydrogen-bond donors (Lipinski definition) is 1. The molecule has 0 saturated heterocycles. The predicted octanol–water partition coefficient (Wildman–Crippen LogP) is 3.00. The molecule has 86 valence electrons. The maximum atomic E-state index is 6.05. The van der Waals surface area contributed by atoms with E-state index < -0.39 is 0 Å². The Hall–Kier alpha value is -1.67. The van der Waals surface area contributed by atoms with Crippen molar-refractivity contribution < 1.29 is 0 Å². The average Bonchev–Trinajstić information content (AvgIpc) is 2.71. The van der Waals surface area contributed by atoms with Crippen molar-refractivity contribution in [2.24, 2.45) is 5.73 Å². The summed E-state index contributed by atoms with van der Waals surface area (Å²) < 4.78 is 0. The Morgan fingerprint density at radius 3 is 2.82 bits per heavy atom. The smallest absolute Gasteiger partial charge is 0.0378 e. The van der Waals surface area contributed by atoms with E-state index in [4.69, 9.17) is 5.73 Å². The van der Waals surface area contributed by atoms with Crippen molar-refractivity contribution in [1.82, 2.24) is 4.98 Å². The Morgan fingerprint density at radius 1 is 1.18 bits per heavy atom. The van der Waals surface area contributed by atoms with E-state index in [0.29, 0.717) is 0 Å².